The van der Waals surface area contributed by atoms with Crippen LogP contribution in [0.1, 0.15) is 6.42 Å². The molecule has 0 aliphatic carbocycles. The number of aliphatic imine (C=N–C) groups is 1. The summed E-state index contributed by atoms with van der Waals surface area (Å²) in [7, 11) is -4.13. The first-order valence-electron chi connectivity index (χ1n) is 8.74. The van der Waals surface area contributed by atoms with Crippen molar-refractivity contribution >= 4 is 44.5 Å². The highest BCUT2D eigenvalue weighted by Gasteiger charge is 2.46. The van der Waals surface area contributed by atoms with Gasteiger partial charge >= 0.3 is 0 Å². The summed E-state index contributed by atoms with van der Waals surface area (Å²) in [4.78, 5) is 29.4. The van der Waals surface area contributed by atoms with Crippen molar-refractivity contribution < 1.29 is 18.0 Å². The third-order valence-corrected chi connectivity index (χ3v) is 6.95. The molecule has 29 heavy (non-hydrogen) atoms. The van der Waals surface area contributed by atoms with Gasteiger partial charge in [0.05, 0.1) is 11.4 Å². The van der Waals surface area contributed by atoms with Crippen molar-refractivity contribution in [3.63, 3.8) is 0 Å². The molecule has 1 aliphatic rings. The highest BCUT2D eigenvalue weighted by molar-refractivity contribution is 8.17. The van der Waals surface area contributed by atoms with Crippen LogP contribution in [0.2, 0.25) is 0 Å². The zero-order chi connectivity index (χ0) is 20.9. The number of carbonyl (C=O) groups is 2. The van der Waals surface area contributed by atoms with E-state index in [4.69, 9.17) is 0 Å². The Balaban J connectivity index is 1.84. The van der Waals surface area contributed by atoms with Gasteiger partial charge in [0.15, 0.2) is 5.17 Å². The Hall–Kier alpha value is -2.91. The van der Waals surface area contributed by atoms with Crippen LogP contribution in [0.4, 0.5) is 5.69 Å². The number of benzene rings is 2. The molecule has 0 aromatic heterocycles. The lowest BCUT2D eigenvalue weighted by Crippen LogP contribution is -2.38. The van der Waals surface area contributed by atoms with Crippen LogP contribution in [-0.2, 0) is 19.6 Å². The number of anilines is 1. The number of hydrogen-bond acceptors (Lipinski definition) is 6. The number of rotatable bonds is 7. The molecule has 1 saturated heterocycles. The summed E-state index contributed by atoms with van der Waals surface area (Å²) < 4.78 is 26.7. The number of para-hydroxylation sites is 1. The van der Waals surface area contributed by atoms with E-state index in [1.54, 1.807) is 42.5 Å². The van der Waals surface area contributed by atoms with Gasteiger partial charge in [-0.1, -0.05) is 54.2 Å². The van der Waals surface area contributed by atoms with Crippen molar-refractivity contribution in [1.82, 2.24) is 4.31 Å². The number of amides is 2. The highest BCUT2D eigenvalue weighted by Crippen LogP contribution is 2.34. The summed E-state index contributed by atoms with van der Waals surface area (Å²) in [5, 5.41) is 1.85. The Labute approximate surface area is 173 Å². The zero-order valence-corrected chi connectivity index (χ0v) is 17.0. The molecule has 1 heterocycles. The van der Waals surface area contributed by atoms with Gasteiger partial charge in [-0.25, -0.2) is 8.42 Å². The maximum absolute atomic E-state index is 13.0. The van der Waals surface area contributed by atoms with Crippen molar-refractivity contribution in [2.75, 3.05) is 11.9 Å². The number of nitrogens with one attached hydrogen (secondary N) is 1. The van der Waals surface area contributed by atoms with Gasteiger partial charge < -0.3 is 5.32 Å². The van der Waals surface area contributed by atoms with Crippen molar-refractivity contribution in [1.29, 1.82) is 0 Å². The summed E-state index contributed by atoms with van der Waals surface area (Å²) in [5.41, 5.74) is 0.599. The predicted octanol–water partition coefficient (Wildman–Crippen LogP) is 2.89. The van der Waals surface area contributed by atoms with E-state index in [0.717, 1.165) is 11.8 Å². The van der Waals surface area contributed by atoms with Crippen LogP contribution < -0.4 is 5.32 Å². The van der Waals surface area contributed by atoms with Gasteiger partial charge in [-0.2, -0.15) is 4.31 Å². The molecular weight excluding hydrogens is 410 g/mol. The molecule has 1 fully saturated rings. The molecule has 0 unspecified atom stereocenters. The van der Waals surface area contributed by atoms with E-state index < -0.39 is 21.2 Å². The minimum absolute atomic E-state index is 0.0189. The maximum atomic E-state index is 13.0. The molecule has 150 valence electrons. The lowest BCUT2D eigenvalue weighted by Gasteiger charge is -2.16. The summed E-state index contributed by atoms with van der Waals surface area (Å²) in [5.74, 6) is -1.08. The number of hydrogen-bond donors (Lipinski definition) is 1. The van der Waals surface area contributed by atoms with Gasteiger partial charge in [0.1, 0.15) is 5.25 Å². The Bertz CT molecular complexity index is 1040. The largest absolute Gasteiger partial charge is 0.326 e. The minimum atomic E-state index is -4.13. The fraction of sp³-hybridized carbons (Fsp3) is 0.150. The second-order valence-electron chi connectivity index (χ2n) is 6.06. The van der Waals surface area contributed by atoms with Gasteiger partial charge in [-0.3, -0.25) is 14.6 Å². The van der Waals surface area contributed by atoms with Gasteiger partial charge in [0.2, 0.25) is 5.91 Å². The molecule has 2 amide bonds. The number of sulfonamides is 1. The molecule has 1 N–H and O–H groups in total. The normalized spacial score (nSPS) is 18.1. The molecule has 1 atom stereocenters. The van der Waals surface area contributed by atoms with E-state index in [-0.39, 0.29) is 28.9 Å². The van der Waals surface area contributed by atoms with E-state index in [9.17, 15) is 18.0 Å². The Morgan fingerprint density at radius 3 is 2.38 bits per heavy atom. The first-order valence-corrected chi connectivity index (χ1v) is 11.1. The monoisotopic (exact) mass is 429 g/mol. The van der Waals surface area contributed by atoms with Crippen LogP contribution >= 0.6 is 11.8 Å². The summed E-state index contributed by atoms with van der Waals surface area (Å²) >= 11 is 0.966. The molecule has 9 heteroatoms. The van der Waals surface area contributed by atoms with Gasteiger partial charge in [-0.15, -0.1) is 6.58 Å². The average molecular weight is 430 g/mol. The number of nitrogens with zero attached hydrogens (tertiary/aromatic N) is 2. The SMILES string of the molecule is C=CCN=C1S[C@@H](CC(=O)Nc2ccccc2)C(=O)N1S(=O)(=O)c1ccccc1. The minimum Gasteiger partial charge on any atom is -0.326 e. The lowest BCUT2D eigenvalue weighted by molar-refractivity contribution is -0.125. The fourth-order valence-electron chi connectivity index (χ4n) is 2.64. The summed E-state index contributed by atoms with van der Waals surface area (Å²) in [6.45, 7) is 3.72. The van der Waals surface area contributed by atoms with Crippen LogP contribution in [0.3, 0.4) is 0 Å². The average Bonchev–Trinajstić information content (AvgIpc) is 3.03. The van der Waals surface area contributed by atoms with E-state index in [1.807, 2.05) is 6.07 Å². The Morgan fingerprint density at radius 2 is 1.76 bits per heavy atom. The van der Waals surface area contributed by atoms with Crippen LogP contribution in [-0.4, -0.2) is 41.5 Å². The molecule has 0 spiro atoms. The van der Waals surface area contributed by atoms with Crippen LogP contribution in [0.25, 0.3) is 0 Å². The highest BCUT2D eigenvalue weighted by atomic mass is 32.2. The molecule has 2 aromatic rings. The smallest absolute Gasteiger partial charge is 0.272 e. The molecule has 0 radical (unpaired) electrons. The second-order valence-corrected chi connectivity index (χ2v) is 9.01. The van der Waals surface area contributed by atoms with Crippen molar-refractivity contribution in [2.24, 2.45) is 4.99 Å². The number of amidine groups is 1. The standard InChI is InChI=1S/C20H19N3O4S2/c1-2-13-21-20-23(29(26,27)16-11-7-4-8-12-16)19(25)17(28-20)14-18(24)22-15-9-5-3-6-10-15/h2-12,17H,1,13-14H2,(H,22,24)/t17-/m0/s1. The molecule has 0 saturated carbocycles. The van der Waals surface area contributed by atoms with Crippen LogP contribution in [0.15, 0.2) is 83.2 Å². The second kappa shape index (κ2) is 9.06. The molecule has 0 bridgehead atoms. The number of carbonyl (C=O) groups excluding carboxylic acids is 2. The maximum Gasteiger partial charge on any atom is 0.272 e. The quantitative estimate of drug-likeness (QED) is 0.683. The number of thioether (sulfide) groups is 1. The molecule has 3 rings (SSSR count). The first kappa shape index (κ1) is 20.8. The fourth-order valence-corrected chi connectivity index (χ4v) is 5.50. The Morgan fingerprint density at radius 1 is 1.14 bits per heavy atom. The van der Waals surface area contributed by atoms with Crippen molar-refractivity contribution in [2.45, 2.75) is 16.6 Å². The predicted molar refractivity (Wildman–Crippen MR) is 114 cm³/mol. The molecule has 7 nitrogen and oxygen atoms in total. The van der Waals surface area contributed by atoms with E-state index in [2.05, 4.69) is 16.9 Å². The first-order chi connectivity index (χ1) is 13.9. The topological polar surface area (TPSA) is 95.9 Å². The van der Waals surface area contributed by atoms with E-state index in [1.165, 1.54) is 18.2 Å². The summed E-state index contributed by atoms with van der Waals surface area (Å²) in [6.07, 6.45) is 1.33. The lowest BCUT2D eigenvalue weighted by atomic mass is 10.2. The van der Waals surface area contributed by atoms with Gasteiger partial charge in [0, 0.05) is 12.1 Å². The third kappa shape index (κ3) is 4.75. The summed E-state index contributed by atoms with van der Waals surface area (Å²) in [6, 6.07) is 16.5. The van der Waals surface area contributed by atoms with Crippen molar-refractivity contribution in [3.8, 4) is 0 Å². The van der Waals surface area contributed by atoms with Gasteiger partial charge in [0.25, 0.3) is 15.9 Å². The Kier molecular flexibility index (Phi) is 6.50. The van der Waals surface area contributed by atoms with Crippen LogP contribution in [0.5, 0.6) is 0 Å². The van der Waals surface area contributed by atoms with E-state index >= 15 is 0 Å². The van der Waals surface area contributed by atoms with E-state index in [0.29, 0.717) is 9.99 Å². The molecule has 2 aromatic carbocycles. The third-order valence-electron chi connectivity index (χ3n) is 3.96. The molecular formula is C20H19N3O4S2. The van der Waals surface area contributed by atoms with Crippen molar-refractivity contribution in [3.05, 3.63) is 73.3 Å². The van der Waals surface area contributed by atoms with Crippen LogP contribution in [0, 0.1) is 0 Å². The van der Waals surface area contributed by atoms with Gasteiger partial charge in [-0.05, 0) is 24.3 Å². The zero-order valence-electron chi connectivity index (χ0n) is 15.4. The molecule has 1 aliphatic heterocycles.